The fourth-order valence-electron chi connectivity index (χ4n) is 2.92. The first-order chi connectivity index (χ1) is 12.8. The van der Waals surface area contributed by atoms with Gasteiger partial charge in [-0.25, -0.2) is 0 Å². The smallest absolute Gasteiger partial charge is 0.225 e. The number of amides is 1. The van der Waals surface area contributed by atoms with E-state index in [2.05, 4.69) is 37.6 Å². The van der Waals surface area contributed by atoms with Crippen LogP contribution < -0.4 is 20.3 Å². The van der Waals surface area contributed by atoms with Crippen molar-refractivity contribution < 1.29 is 9.53 Å². The molecular weight excluding hydrogens is 342 g/mol. The number of carbonyl (C=O) groups is 1. The van der Waals surface area contributed by atoms with E-state index >= 15 is 0 Å². The number of carbonyl (C=O) groups excluding carboxylic acids is 1. The van der Waals surface area contributed by atoms with E-state index < -0.39 is 0 Å². The molecule has 1 aliphatic rings. The molecule has 2 rings (SSSR count). The maximum Gasteiger partial charge on any atom is 0.225 e. The molecule has 0 unspecified atom stereocenters. The van der Waals surface area contributed by atoms with Crippen LogP contribution in [0.15, 0.2) is 29.3 Å². The van der Waals surface area contributed by atoms with Crippen molar-refractivity contribution in [1.29, 1.82) is 0 Å². The van der Waals surface area contributed by atoms with E-state index in [0.717, 1.165) is 37.9 Å². The highest BCUT2D eigenvalue weighted by atomic mass is 16.5. The molecule has 7 heteroatoms. The van der Waals surface area contributed by atoms with Crippen LogP contribution in [0.25, 0.3) is 0 Å². The van der Waals surface area contributed by atoms with Gasteiger partial charge in [-0.2, -0.15) is 0 Å². The maximum atomic E-state index is 11.9. The molecule has 0 bridgehead atoms. The summed E-state index contributed by atoms with van der Waals surface area (Å²) in [5.41, 5.74) is 0.850. The van der Waals surface area contributed by atoms with Crippen LogP contribution in [0.4, 0.5) is 5.69 Å². The van der Waals surface area contributed by atoms with Gasteiger partial charge in [0.25, 0.3) is 0 Å². The number of rotatable bonds is 5. The average Bonchev–Trinajstić information content (AvgIpc) is 2.67. The Kier molecular flexibility index (Phi) is 7.33. The van der Waals surface area contributed by atoms with Crippen LogP contribution in [0.3, 0.4) is 0 Å². The minimum atomic E-state index is -0.362. The van der Waals surface area contributed by atoms with Crippen molar-refractivity contribution in [2.45, 2.75) is 20.8 Å². The lowest BCUT2D eigenvalue weighted by Crippen LogP contribution is -2.53. The van der Waals surface area contributed by atoms with Crippen LogP contribution in [-0.4, -0.2) is 70.2 Å². The first-order valence-corrected chi connectivity index (χ1v) is 9.48. The Bertz CT molecular complexity index is 629. The van der Waals surface area contributed by atoms with Crippen molar-refractivity contribution in [3.05, 3.63) is 24.3 Å². The molecule has 150 valence electrons. The van der Waals surface area contributed by atoms with E-state index in [9.17, 15) is 4.79 Å². The highest BCUT2D eigenvalue weighted by Crippen LogP contribution is 2.20. The van der Waals surface area contributed by atoms with Gasteiger partial charge in [0.2, 0.25) is 5.91 Å². The molecule has 2 N–H and O–H groups in total. The zero-order valence-electron chi connectivity index (χ0n) is 17.2. The molecule has 1 aromatic rings. The van der Waals surface area contributed by atoms with Gasteiger partial charge in [-0.3, -0.25) is 9.79 Å². The Morgan fingerprint density at radius 1 is 1.07 bits per heavy atom. The van der Waals surface area contributed by atoms with E-state index in [0.29, 0.717) is 13.1 Å². The second-order valence-corrected chi connectivity index (χ2v) is 7.65. The molecule has 1 heterocycles. The second-order valence-electron chi connectivity index (χ2n) is 7.65. The third kappa shape index (κ3) is 6.05. The third-order valence-electron chi connectivity index (χ3n) is 4.60. The van der Waals surface area contributed by atoms with E-state index in [1.54, 1.807) is 14.2 Å². The molecule has 1 saturated heterocycles. The van der Waals surface area contributed by atoms with Gasteiger partial charge in [-0.1, -0.05) is 20.8 Å². The fourth-order valence-corrected chi connectivity index (χ4v) is 2.92. The molecule has 1 aromatic carbocycles. The molecule has 1 aliphatic heterocycles. The number of nitrogens with zero attached hydrogens (tertiary/aromatic N) is 3. The predicted octanol–water partition coefficient (Wildman–Crippen LogP) is 1.55. The van der Waals surface area contributed by atoms with E-state index in [1.807, 2.05) is 32.9 Å². The molecule has 1 amide bonds. The van der Waals surface area contributed by atoms with E-state index in [1.165, 1.54) is 5.69 Å². The Morgan fingerprint density at radius 2 is 1.67 bits per heavy atom. The normalized spacial score (nSPS) is 15.5. The molecule has 0 atom stereocenters. The zero-order chi connectivity index (χ0) is 19.9. The molecule has 0 saturated carbocycles. The van der Waals surface area contributed by atoms with Crippen LogP contribution in [-0.2, 0) is 4.79 Å². The van der Waals surface area contributed by atoms with Crippen LogP contribution in [0.2, 0.25) is 0 Å². The zero-order valence-corrected chi connectivity index (χ0v) is 17.2. The van der Waals surface area contributed by atoms with Crippen molar-refractivity contribution in [3.8, 4) is 5.75 Å². The van der Waals surface area contributed by atoms with Crippen molar-refractivity contribution >= 4 is 17.6 Å². The Morgan fingerprint density at radius 3 is 2.19 bits per heavy atom. The molecule has 0 spiro atoms. The first-order valence-electron chi connectivity index (χ1n) is 9.48. The fraction of sp³-hybridized carbons (Fsp3) is 0.600. The number of hydrogen-bond acceptors (Lipinski definition) is 4. The monoisotopic (exact) mass is 375 g/mol. The topological polar surface area (TPSA) is 69.2 Å². The van der Waals surface area contributed by atoms with Gasteiger partial charge in [-0.15, -0.1) is 0 Å². The number of guanidine groups is 1. The predicted molar refractivity (Wildman–Crippen MR) is 111 cm³/mol. The molecule has 7 nitrogen and oxygen atoms in total. The number of ether oxygens (including phenoxy) is 1. The SMILES string of the molecule is CN=C(NCCNC(=O)C(C)(C)C)N1CCN(c2ccc(OC)cc2)CC1. The van der Waals surface area contributed by atoms with Crippen molar-refractivity contribution in [2.75, 3.05) is 58.3 Å². The lowest BCUT2D eigenvalue weighted by atomic mass is 9.96. The molecular formula is C20H33N5O2. The number of aliphatic imine (C=N–C) groups is 1. The van der Waals surface area contributed by atoms with Crippen molar-refractivity contribution in [1.82, 2.24) is 15.5 Å². The van der Waals surface area contributed by atoms with Crippen molar-refractivity contribution in [2.24, 2.45) is 10.4 Å². The van der Waals surface area contributed by atoms with E-state index in [4.69, 9.17) is 4.74 Å². The minimum absolute atomic E-state index is 0.0624. The lowest BCUT2D eigenvalue weighted by molar-refractivity contribution is -0.128. The minimum Gasteiger partial charge on any atom is -0.497 e. The maximum absolute atomic E-state index is 11.9. The Balaban J connectivity index is 1.76. The summed E-state index contributed by atoms with van der Waals surface area (Å²) < 4.78 is 5.22. The first kappa shape index (κ1) is 20.9. The van der Waals surface area contributed by atoms with Gasteiger partial charge in [0.1, 0.15) is 5.75 Å². The summed E-state index contributed by atoms with van der Waals surface area (Å²) in [5.74, 6) is 1.82. The van der Waals surface area contributed by atoms with Gasteiger partial charge >= 0.3 is 0 Å². The van der Waals surface area contributed by atoms with Gasteiger partial charge in [0.15, 0.2) is 5.96 Å². The van der Waals surface area contributed by atoms with Gasteiger partial charge in [0.05, 0.1) is 7.11 Å². The van der Waals surface area contributed by atoms with Crippen molar-refractivity contribution in [3.63, 3.8) is 0 Å². The molecule has 0 aromatic heterocycles. The molecule has 27 heavy (non-hydrogen) atoms. The number of benzene rings is 1. The quantitative estimate of drug-likeness (QED) is 0.464. The number of piperazine rings is 1. The highest BCUT2D eigenvalue weighted by Gasteiger charge is 2.21. The lowest BCUT2D eigenvalue weighted by Gasteiger charge is -2.37. The number of nitrogens with one attached hydrogen (secondary N) is 2. The Labute approximate surface area is 162 Å². The van der Waals surface area contributed by atoms with E-state index in [-0.39, 0.29) is 11.3 Å². The molecule has 0 aliphatic carbocycles. The van der Waals surface area contributed by atoms with Gasteiger partial charge in [0, 0.05) is 57.4 Å². The Hall–Kier alpha value is -2.44. The number of hydrogen-bond donors (Lipinski definition) is 2. The summed E-state index contributed by atoms with van der Waals surface area (Å²) in [5, 5.41) is 6.29. The van der Waals surface area contributed by atoms with Gasteiger partial charge in [-0.05, 0) is 24.3 Å². The van der Waals surface area contributed by atoms with Crippen LogP contribution in [0.1, 0.15) is 20.8 Å². The summed E-state index contributed by atoms with van der Waals surface area (Å²) in [6.45, 7) is 10.7. The number of methoxy groups -OCH3 is 1. The largest absolute Gasteiger partial charge is 0.497 e. The number of anilines is 1. The summed E-state index contributed by atoms with van der Waals surface area (Å²) in [6.07, 6.45) is 0. The summed E-state index contributed by atoms with van der Waals surface area (Å²) in [6, 6.07) is 8.18. The second kappa shape index (κ2) is 9.48. The highest BCUT2D eigenvalue weighted by molar-refractivity contribution is 5.82. The summed E-state index contributed by atoms with van der Waals surface area (Å²) in [7, 11) is 3.48. The average molecular weight is 376 g/mol. The van der Waals surface area contributed by atoms with Crippen LogP contribution in [0.5, 0.6) is 5.75 Å². The van der Waals surface area contributed by atoms with Crippen LogP contribution in [0, 0.1) is 5.41 Å². The summed E-state index contributed by atoms with van der Waals surface area (Å²) >= 11 is 0. The summed E-state index contributed by atoms with van der Waals surface area (Å²) in [4.78, 5) is 20.9. The molecule has 0 radical (unpaired) electrons. The third-order valence-corrected chi connectivity index (χ3v) is 4.60. The van der Waals surface area contributed by atoms with Gasteiger partial charge < -0.3 is 25.2 Å². The standard InChI is InChI=1S/C20H33N5O2/c1-20(2,3)18(26)22-10-11-23-19(21-4)25-14-12-24(13-15-25)16-6-8-17(27-5)9-7-16/h6-9H,10-15H2,1-5H3,(H,21,23)(H,22,26). The van der Waals surface area contributed by atoms with Crippen LogP contribution >= 0.6 is 0 Å². The molecule has 1 fully saturated rings.